The molecule has 1 aliphatic heterocycles. The first-order valence-electron chi connectivity index (χ1n) is 6.95. The van der Waals surface area contributed by atoms with E-state index in [1.807, 2.05) is 19.1 Å². The molecule has 0 N–H and O–H groups in total. The Morgan fingerprint density at radius 3 is 3.09 bits per heavy atom. The molecule has 2 aromatic rings. The highest BCUT2D eigenvalue weighted by molar-refractivity contribution is 7.99. The van der Waals surface area contributed by atoms with E-state index in [1.165, 1.54) is 0 Å². The van der Waals surface area contributed by atoms with Gasteiger partial charge < -0.3 is 4.74 Å². The molecular formula is C14H15ClN4O2S. The number of carbonyl (C=O) groups excluding carboxylic acids is 1. The van der Waals surface area contributed by atoms with Crippen molar-refractivity contribution in [3.8, 4) is 5.75 Å². The lowest BCUT2D eigenvalue weighted by molar-refractivity contribution is -0.120. The molecule has 116 valence electrons. The summed E-state index contributed by atoms with van der Waals surface area (Å²) >= 11 is 7.52. The zero-order valence-electron chi connectivity index (χ0n) is 12.0. The van der Waals surface area contributed by atoms with Gasteiger partial charge in [0.15, 0.2) is 5.82 Å². The number of halogens is 1. The number of amides is 1. The number of ether oxygens (including phenoxy) is 1. The van der Waals surface area contributed by atoms with Gasteiger partial charge in [-0.25, -0.2) is 9.69 Å². The fraction of sp³-hybridized carbons (Fsp3) is 0.357. The minimum Gasteiger partial charge on any atom is -0.485 e. The van der Waals surface area contributed by atoms with Gasteiger partial charge in [-0.3, -0.25) is 4.79 Å². The predicted octanol–water partition coefficient (Wildman–Crippen LogP) is 2.49. The number of aromatic nitrogens is 3. The third kappa shape index (κ3) is 3.05. The van der Waals surface area contributed by atoms with E-state index in [-0.39, 0.29) is 12.5 Å². The topological polar surface area (TPSA) is 60.3 Å². The Hall–Kier alpha value is -1.73. The maximum atomic E-state index is 12.1. The average molecular weight is 339 g/mol. The molecule has 2 heterocycles. The molecule has 0 aliphatic carbocycles. The highest BCUT2D eigenvalue weighted by Crippen LogP contribution is 2.24. The Labute approximate surface area is 137 Å². The first kappa shape index (κ1) is 15.2. The van der Waals surface area contributed by atoms with E-state index in [9.17, 15) is 4.79 Å². The van der Waals surface area contributed by atoms with Crippen molar-refractivity contribution in [1.82, 2.24) is 14.9 Å². The van der Waals surface area contributed by atoms with Crippen LogP contribution in [0.4, 0.5) is 0 Å². The Kier molecular flexibility index (Phi) is 4.54. The molecule has 1 aliphatic rings. The predicted molar refractivity (Wildman–Crippen MR) is 84.9 cm³/mol. The molecule has 22 heavy (non-hydrogen) atoms. The van der Waals surface area contributed by atoms with Gasteiger partial charge in [0.25, 0.3) is 0 Å². The molecule has 0 spiro atoms. The number of nitrogens with zero attached hydrogens (tertiary/aromatic N) is 4. The SMILES string of the molecule is CCC(=O)N1CCSc2nnc(COc3cccc(Cl)c3)n21. The molecule has 0 radical (unpaired) electrons. The Balaban J connectivity index is 1.80. The van der Waals surface area contributed by atoms with Crippen LogP contribution in [0.5, 0.6) is 5.75 Å². The Morgan fingerprint density at radius 2 is 2.32 bits per heavy atom. The lowest BCUT2D eigenvalue weighted by atomic mass is 10.3. The van der Waals surface area contributed by atoms with E-state index in [0.29, 0.717) is 29.6 Å². The first-order valence-corrected chi connectivity index (χ1v) is 8.31. The van der Waals surface area contributed by atoms with Crippen molar-refractivity contribution < 1.29 is 9.53 Å². The minimum atomic E-state index is 0.0466. The number of thioether (sulfide) groups is 1. The van der Waals surface area contributed by atoms with Crippen LogP contribution >= 0.6 is 23.4 Å². The van der Waals surface area contributed by atoms with Crippen molar-refractivity contribution >= 4 is 29.3 Å². The van der Waals surface area contributed by atoms with Gasteiger partial charge in [0, 0.05) is 17.2 Å². The van der Waals surface area contributed by atoms with Crippen LogP contribution in [-0.2, 0) is 11.4 Å². The number of rotatable bonds is 4. The van der Waals surface area contributed by atoms with Crippen molar-refractivity contribution in [2.75, 3.05) is 17.3 Å². The van der Waals surface area contributed by atoms with Crippen LogP contribution in [0.1, 0.15) is 19.2 Å². The molecule has 0 bridgehead atoms. The maximum Gasteiger partial charge on any atom is 0.241 e. The van der Waals surface area contributed by atoms with Gasteiger partial charge in [-0.15, -0.1) is 10.2 Å². The van der Waals surface area contributed by atoms with Crippen molar-refractivity contribution in [2.45, 2.75) is 25.1 Å². The third-order valence-corrected chi connectivity index (χ3v) is 4.34. The van der Waals surface area contributed by atoms with Crippen LogP contribution in [0.25, 0.3) is 0 Å². The first-order chi connectivity index (χ1) is 10.7. The van der Waals surface area contributed by atoms with E-state index in [4.69, 9.17) is 16.3 Å². The number of carbonyl (C=O) groups is 1. The van der Waals surface area contributed by atoms with E-state index in [0.717, 1.165) is 10.9 Å². The fourth-order valence-electron chi connectivity index (χ4n) is 2.17. The molecule has 0 saturated heterocycles. The van der Waals surface area contributed by atoms with Crippen LogP contribution < -0.4 is 9.75 Å². The van der Waals surface area contributed by atoms with Gasteiger partial charge in [0.05, 0.1) is 6.54 Å². The highest BCUT2D eigenvalue weighted by atomic mass is 35.5. The zero-order valence-corrected chi connectivity index (χ0v) is 13.6. The van der Waals surface area contributed by atoms with E-state index in [2.05, 4.69) is 10.2 Å². The standard InChI is InChI=1S/C14H15ClN4O2S/c1-2-13(20)18-6-7-22-14-17-16-12(19(14)18)9-21-11-5-3-4-10(15)8-11/h3-5,8H,2,6-7,9H2,1H3. The van der Waals surface area contributed by atoms with E-state index >= 15 is 0 Å². The van der Waals surface area contributed by atoms with Crippen molar-refractivity contribution in [3.05, 3.63) is 35.1 Å². The normalized spacial score (nSPS) is 13.8. The smallest absolute Gasteiger partial charge is 0.241 e. The van der Waals surface area contributed by atoms with E-state index < -0.39 is 0 Å². The molecule has 0 fully saturated rings. The van der Waals surface area contributed by atoms with Crippen LogP contribution in [0.2, 0.25) is 5.02 Å². The van der Waals surface area contributed by atoms with Gasteiger partial charge in [-0.1, -0.05) is 36.4 Å². The largest absolute Gasteiger partial charge is 0.485 e. The van der Waals surface area contributed by atoms with Gasteiger partial charge in [0.1, 0.15) is 12.4 Å². The Bertz CT molecular complexity index is 691. The molecule has 0 saturated carbocycles. The second-order valence-corrected chi connectivity index (χ2v) is 6.17. The lowest BCUT2D eigenvalue weighted by Gasteiger charge is -2.28. The van der Waals surface area contributed by atoms with Crippen LogP contribution in [0, 0.1) is 0 Å². The summed E-state index contributed by atoms with van der Waals surface area (Å²) in [4.78, 5) is 12.1. The molecule has 6 nitrogen and oxygen atoms in total. The number of hydrogen-bond acceptors (Lipinski definition) is 5. The molecule has 1 amide bonds. The monoisotopic (exact) mass is 338 g/mol. The van der Waals surface area contributed by atoms with Gasteiger partial charge in [-0.2, -0.15) is 0 Å². The molecule has 0 unspecified atom stereocenters. The van der Waals surface area contributed by atoms with Crippen molar-refractivity contribution in [3.63, 3.8) is 0 Å². The van der Waals surface area contributed by atoms with Gasteiger partial charge in [0.2, 0.25) is 11.1 Å². The van der Waals surface area contributed by atoms with Gasteiger partial charge >= 0.3 is 0 Å². The maximum absolute atomic E-state index is 12.1. The summed E-state index contributed by atoms with van der Waals surface area (Å²) in [5, 5.41) is 11.3. The molecule has 3 rings (SSSR count). The molecule has 1 aromatic carbocycles. The second-order valence-electron chi connectivity index (χ2n) is 4.68. The van der Waals surface area contributed by atoms with Crippen LogP contribution in [-0.4, -0.2) is 33.1 Å². The second kappa shape index (κ2) is 6.58. The van der Waals surface area contributed by atoms with Crippen LogP contribution in [0.15, 0.2) is 29.4 Å². The summed E-state index contributed by atoms with van der Waals surface area (Å²) in [5.41, 5.74) is 0. The fourth-order valence-corrected chi connectivity index (χ4v) is 3.22. The molecule has 0 atom stereocenters. The third-order valence-electron chi connectivity index (χ3n) is 3.21. The summed E-state index contributed by atoms with van der Waals surface area (Å²) in [6.45, 7) is 2.71. The number of hydrogen-bond donors (Lipinski definition) is 0. The number of fused-ring (bicyclic) bond motifs is 1. The average Bonchev–Trinajstić information content (AvgIpc) is 2.95. The zero-order chi connectivity index (χ0) is 15.5. The minimum absolute atomic E-state index is 0.0466. The van der Waals surface area contributed by atoms with Crippen molar-refractivity contribution in [1.29, 1.82) is 0 Å². The quantitative estimate of drug-likeness (QED) is 0.857. The summed E-state index contributed by atoms with van der Waals surface area (Å²) < 4.78 is 7.46. The highest BCUT2D eigenvalue weighted by Gasteiger charge is 2.26. The number of benzene rings is 1. The summed E-state index contributed by atoms with van der Waals surface area (Å²) in [6, 6.07) is 7.16. The van der Waals surface area contributed by atoms with Gasteiger partial charge in [-0.05, 0) is 18.2 Å². The van der Waals surface area contributed by atoms with Crippen molar-refractivity contribution in [2.24, 2.45) is 0 Å². The Morgan fingerprint density at radius 1 is 1.45 bits per heavy atom. The van der Waals surface area contributed by atoms with Crippen LogP contribution in [0.3, 0.4) is 0 Å². The summed E-state index contributed by atoms with van der Waals surface area (Å²) in [6.07, 6.45) is 0.441. The molecule has 8 heteroatoms. The summed E-state index contributed by atoms with van der Waals surface area (Å²) in [7, 11) is 0. The lowest BCUT2D eigenvalue weighted by Crippen LogP contribution is -2.45. The molecular weight excluding hydrogens is 324 g/mol. The summed E-state index contributed by atoms with van der Waals surface area (Å²) in [5.74, 6) is 2.12. The molecule has 1 aromatic heterocycles. The van der Waals surface area contributed by atoms with E-state index in [1.54, 1.807) is 33.6 Å².